The van der Waals surface area contributed by atoms with E-state index in [0.717, 1.165) is 0 Å². The molecule has 0 aromatic heterocycles. The Bertz CT molecular complexity index is 1220. The van der Waals surface area contributed by atoms with Crippen LogP contribution in [0.25, 0.3) is 11.1 Å². The van der Waals surface area contributed by atoms with Gasteiger partial charge in [-0.1, -0.05) is 24.3 Å². The number of carbonyl (C=O) groups is 2. The van der Waals surface area contributed by atoms with E-state index in [9.17, 15) is 9.59 Å². The fourth-order valence-electron chi connectivity index (χ4n) is 4.18. The smallest absolute Gasteiger partial charge is 0.262 e. The first-order valence-electron chi connectivity index (χ1n) is 11.1. The van der Waals surface area contributed by atoms with Crippen molar-refractivity contribution in [2.45, 2.75) is 6.54 Å². The van der Waals surface area contributed by atoms with Gasteiger partial charge in [0.05, 0.1) is 53.2 Å². The first-order valence-corrected chi connectivity index (χ1v) is 11.1. The predicted molar refractivity (Wildman–Crippen MR) is 134 cm³/mol. The lowest BCUT2D eigenvalue weighted by atomic mass is 9.96. The van der Waals surface area contributed by atoms with E-state index in [0.29, 0.717) is 56.6 Å². The summed E-state index contributed by atoms with van der Waals surface area (Å²) in [5, 5.41) is 0. The summed E-state index contributed by atoms with van der Waals surface area (Å²) < 4.78 is 26.8. The Hall–Kier alpha value is -4.46. The minimum Gasteiger partial charge on any atom is -0.497 e. The second-order valence-corrected chi connectivity index (χ2v) is 7.94. The average Bonchev–Trinajstić information content (AvgIpc) is 3.17. The van der Waals surface area contributed by atoms with Gasteiger partial charge < -0.3 is 23.7 Å². The Labute approximate surface area is 209 Å². The zero-order valence-corrected chi connectivity index (χ0v) is 20.8. The molecule has 0 bridgehead atoms. The minimum atomic E-state index is -0.398. The van der Waals surface area contributed by atoms with Crippen LogP contribution in [0.3, 0.4) is 0 Å². The van der Waals surface area contributed by atoms with Crippen molar-refractivity contribution >= 4 is 23.0 Å². The number of amides is 2. The van der Waals surface area contributed by atoms with Crippen LogP contribution in [-0.2, 0) is 16.1 Å². The van der Waals surface area contributed by atoms with E-state index in [1.807, 2.05) is 0 Å². The highest BCUT2D eigenvalue weighted by Gasteiger charge is 2.39. The molecule has 8 heteroatoms. The van der Waals surface area contributed by atoms with E-state index >= 15 is 0 Å². The molecule has 0 saturated carbocycles. The molecule has 1 aliphatic heterocycles. The highest BCUT2D eigenvalue weighted by molar-refractivity contribution is 6.48. The van der Waals surface area contributed by atoms with Crippen molar-refractivity contribution in [3.63, 3.8) is 0 Å². The molecule has 0 N–H and O–H groups in total. The molecular formula is C28H27NO7. The van der Waals surface area contributed by atoms with Gasteiger partial charge in [0.2, 0.25) is 5.75 Å². The van der Waals surface area contributed by atoms with Gasteiger partial charge in [0.1, 0.15) is 11.5 Å². The van der Waals surface area contributed by atoms with Crippen molar-refractivity contribution < 1.29 is 33.3 Å². The summed E-state index contributed by atoms with van der Waals surface area (Å²) in [6, 6.07) is 17.6. The number of ether oxygens (including phenoxy) is 5. The van der Waals surface area contributed by atoms with Gasteiger partial charge >= 0.3 is 0 Å². The monoisotopic (exact) mass is 489 g/mol. The lowest BCUT2D eigenvalue weighted by Crippen LogP contribution is -2.31. The Balaban J connectivity index is 1.78. The van der Waals surface area contributed by atoms with E-state index in [-0.39, 0.29) is 6.54 Å². The van der Waals surface area contributed by atoms with E-state index in [1.54, 1.807) is 74.9 Å². The summed E-state index contributed by atoms with van der Waals surface area (Å²) in [5.41, 5.74) is 2.52. The van der Waals surface area contributed by atoms with Crippen LogP contribution < -0.4 is 23.7 Å². The fraction of sp³-hybridized carbons (Fsp3) is 0.214. The normalized spacial score (nSPS) is 13.2. The van der Waals surface area contributed by atoms with E-state index in [2.05, 4.69) is 0 Å². The number of methoxy groups -OCH3 is 5. The average molecular weight is 490 g/mol. The molecule has 8 nitrogen and oxygen atoms in total. The quantitative estimate of drug-likeness (QED) is 0.417. The molecule has 4 rings (SSSR count). The molecule has 186 valence electrons. The SMILES string of the molecule is COc1ccc(C2=C(c3ccc(OC)cc3)C(=O)N(Cc3cc(OC)c(OC)c(OC)c3)C2=O)cc1. The van der Waals surface area contributed by atoms with Gasteiger partial charge in [0, 0.05) is 0 Å². The third-order valence-electron chi connectivity index (χ3n) is 5.99. The van der Waals surface area contributed by atoms with Gasteiger partial charge in [-0.15, -0.1) is 0 Å². The maximum Gasteiger partial charge on any atom is 0.262 e. The van der Waals surface area contributed by atoms with Gasteiger partial charge in [0.25, 0.3) is 11.8 Å². The largest absolute Gasteiger partial charge is 0.497 e. The third-order valence-corrected chi connectivity index (χ3v) is 5.99. The number of hydrogen-bond donors (Lipinski definition) is 0. The summed E-state index contributed by atoms with van der Waals surface area (Å²) in [5.74, 6) is 1.80. The van der Waals surface area contributed by atoms with Crippen LogP contribution in [-0.4, -0.2) is 52.3 Å². The van der Waals surface area contributed by atoms with Gasteiger partial charge in [-0.25, -0.2) is 0 Å². The zero-order valence-electron chi connectivity index (χ0n) is 20.8. The molecule has 2 amide bonds. The topological polar surface area (TPSA) is 83.5 Å². The minimum absolute atomic E-state index is 0.0215. The molecule has 0 spiro atoms. The summed E-state index contributed by atoms with van der Waals surface area (Å²) in [7, 11) is 7.68. The van der Waals surface area contributed by atoms with Crippen molar-refractivity contribution in [3.05, 3.63) is 77.4 Å². The predicted octanol–water partition coefficient (Wildman–Crippen LogP) is 4.21. The van der Waals surface area contributed by atoms with Crippen LogP contribution in [0.2, 0.25) is 0 Å². The molecule has 0 atom stereocenters. The van der Waals surface area contributed by atoms with Crippen LogP contribution in [0.15, 0.2) is 60.7 Å². The van der Waals surface area contributed by atoms with Gasteiger partial charge in [-0.3, -0.25) is 14.5 Å². The molecule has 3 aromatic rings. The van der Waals surface area contributed by atoms with Gasteiger partial charge in [-0.2, -0.15) is 0 Å². The molecule has 0 fully saturated rings. The first kappa shape index (κ1) is 24.7. The van der Waals surface area contributed by atoms with Crippen LogP contribution in [0.1, 0.15) is 16.7 Å². The van der Waals surface area contributed by atoms with Crippen molar-refractivity contribution in [2.24, 2.45) is 0 Å². The van der Waals surface area contributed by atoms with Crippen LogP contribution in [0.4, 0.5) is 0 Å². The highest BCUT2D eigenvalue weighted by atomic mass is 16.5. The van der Waals surface area contributed by atoms with Crippen LogP contribution >= 0.6 is 0 Å². The standard InChI is InChI=1S/C28H27NO7/c1-32-20-10-6-18(7-11-20)24-25(19-8-12-21(33-2)13-9-19)28(31)29(27(24)30)16-17-14-22(34-3)26(36-5)23(15-17)35-4/h6-15H,16H2,1-5H3. The Kier molecular flexibility index (Phi) is 7.15. The second-order valence-electron chi connectivity index (χ2n) is 7.94. The molecule has 3 aromatic carbocycles. The van der Waals surface area contributed by atoms with Crippen molar-refractivity contribution in [1.29, 1.82) is 0 Å². The Morgan fingerprint density at radius 3 is 1.33 bits per heavy atom. The molecule has 0 unspecified atom stereocenters. The van der Waals surface area contributed by atoms with E-state index in [4.69, 9.17) is 23.7 Å². The number of rotatable bonds is 9. The maximum absolute atomic E-state index is 13.7. The number of nitrogens with zero attached hydrogens (tertiary/aromatic N) is 1. The van der Waals surface area contributed by atoms with Crippen LogP contribution in [0.5, 0.6) is 28.7 Å². The number of hydrogen-bond acceptors (Lipinski definition) is 7. The maximum atomic E-state index is 13.7. The van der Waals surface area contributed by atoms with Crippen molar-refractivity contribution in [1.82, 2.24) is 4.90 Å². The molecule has 36 heavy (non-hydrogen) atoms. The van der Waals surface area contributed by atoms with Crippen LogP contribution in [0, 0.1) is 0 Å². The third kappa shape index (κ3) is 4.45. The van der Waals surface area contributed by atoms with Crippen molar-refractivity contribution in [3.8, 4) is 28.7 Å². The summed E-state index contributed by atoms with van der Waals surface area (Å²) >= 11 is 0. The summed E-state index contributed by atoms with van der Waals surface area (Å²) in [6.07, 6.45) is 0. The first-order chi connectivity index (χ1) is 17.4. The second kappa shape index (κ2) is 10.4. The lowest BCUT2D eigenvalue weighted by Gasteiger charge is -2.18. The molecule has 1 heterocycles. The van der Waals surface area contributed by atoms with Gasteiger partial charge in [-0.05, 0) is 53.1 Å². The number of benzene rings is 3. The van der Waals surface area contributed by atoms with E-state index < -0.39 is 11.8 Å². The van der Waals surface area contributed by atoms with E-state index in [1.165, 1.54) is 26.2 Å². The highest BCUT2D eigenvalue weighted by Crippen LogP contribution is 2.41. The summed E-state index contributed by atoms with van der Waals surface area (Å²) in [6.45, 7) is 0.0215. The molecule has 1 aliphatic rings. The molecule has 0 aliphatic carbocycles. The number of imide groups is 1. The fourth-order valence-corrected chi connectivity index (χ4v) is 4.18. The lowest BCUT2D eigenvalue weighted by molar-refractivity contribution is -0.136. The number of carbonyl (C=O) groups excluding carboxylic acids is 2. The molecular weight excluding hydrogens is 462 g/mol. The van der Waals surface area contributed by atoms with Gasteiger partial charge in [0.15, 0.2) is 11.5 Å². The Morgan fingerprint density at radius 1 is 0.583 bits per heavy atom. The summed E-state index contributed by atoms with van der Waals surface area (Å²) in [4.78, 5) is 28.7. The van der Waals surface area contributed by atoms with Crippen molar-refractivity contribution in [2.75, 3.05) is 35.5 Å². The zero-order chi connectivity index (χ0) is 25.8. The Morgan fingerprint density at radius 2 is 1.00 bits per heavy atom. The molecule has 0 radical (unpaired) electrons. The molecule has 0 saturated heterocycles.